The molecule has 17 heavy (non-hydrogen) atoms. The van der Waals surface area contributed by atoms with Crippen LogP contribution in [0.15, 0.2) is 35.7 Å². The molecular weight excluding hydrogens is 228 g/mol. The molecule has 0 saturated carbocycles. The van der Waals surface area contributed by atoms with Gasteiger partial charge >= 0.3 is 0 Å². The van der Waals surface area contributed by atoms with Crippen molar-refractivity contribution in [1.29, 1.82) is 0 Å². The Bertz CT molecular complexity index is 477. The number of nitrogens with zero attached hydrogens (tertiary/aromatic N) is 1. The first-order valence-electron chi connectivity index (χ1n) is 5.76. The molecule has 0 aliphatic rings. The molecule has 2 aromatic rings. The molecule has 0 unspecified atom stereocenters. The van der Waals surface area contributed by atoms with Crippen LogP contribution in [0.3, 0.4) is 0 Å². The summed E-state index contributed by atoms with van der Waals surface area (Å²) in [4.78, 5) is 3.67. The summed E-state index contributed by atoms with van der Waals surface area (Å²) in [7, 11) is 2.11. The molecule has 1 heterocycles. The molecule has 1 aromatic heterocycles. The second-order valence-electron chi connectivity index (χ2n) is 4.29. The Morgan fingerprint density at radius 3 is 2.76 bits per heavy atom. The maximum Gasteiger partial charge on any atom is 0.0384 e. The maximum absolute atomic E-state index is 5.92. The molecule has 90 valence electrons. The molecule has 0 amide bonds. The summed E-state index contributed by atoms with van der Waals surface area (Å²) >= 11 is 1.81. The lowest BCUT2D eigenvalue weighted by molar-refractivity contribution is 0.887. The van der Waals surface area contributed by atoms with Gasteiger partial charge in [-0.25, -0.2) is 0 Å². The van der Waals surface area contributed by atoms with Crippen LogP contribution in [0.5, 0.6) is 0 Å². The van der Waals surface area contributed by atoms with E-state index in [4.69, 9.17) is 5.73 Å². The van der Waals surface area contributed by atoms with Gasteiger partial charge in [0.15, 0.2) is 0 Å². The molecule has 0 aliphatic heterocycles. The van der Waals surface area contributed by atoms with Crippen molar-refractivity contribution < 1.29 is 0 Å². The number of nitrogen functional groups attached to an aromatic ring is 1. The van der Waals surface area contributed by atoms with E-state index in [1.807, 2.05) is 24.3 Å². The Hall–Kier alpha value is -1.48. The van der Waals surface area contributed by atoms with Gasteiger partial charge in [0, 0.05) is 29.8 Å². The number of hydrogen-bond acceptors (Lipinski definition) is 3. The van der Waals surface area contributed by atoms with Gasteiger partial charge in [0.25, 0.3) is 0 Å². The zero-order valence-corrected chi connectivity index (χ0v) is 11.1. The minimum absolute atomic E-state index is 0.866. The predicted octanol–water partition coefficient (Wildman–Crippen LogP) is 3.32. The number of nitrogens with two attached hydrogens (primary N) is 1. The molecule has 0 bridgehead atoms. The van der Waals surface area contributed by atoms with Crippen molar-refractivity contribution >= 4 is 22.7 Å². The van der Waals surface area contributed by atoms with E-state index in [1.165, 1.54) is 10.6 Å². The van der Waals surface area contributed by atoms with E-state index < -0.39 is 0 Å². The lowest BCUT2D eigenvalue weighted by Crippen LogP contribution is -2.20. The third kappa shape index (κ3) is 3.01. The smallest absolute Gasteiger partial charge is 0.0384 e. The van der Waals surface area contributed by atoms with E-state index in [0.29, 0.717) is 0 Å². The van der Waals surface area contributed by atoms with E-state index in [0.717, 1.165) is 24.2 Å². The van der Waals surface area contributed by atoms with Crippen molar-refractivity contribution in [3.05, 3.63) is 46.2 Å². The predicted molar refractivity (Wildman–Crippen MR) is 76.9 cm³/mol. The van der Waals surface area contributed by atoms with E-state index in [1.54, 1.807) is 0 Å². The second kappa shape index (κ2) is 5.23. The average molecular weight is 246 g/mol. The van der Waals surface area contributed by atoms with Gasteiger partial charge < -0.3 is 10.6 Å². The highest BCUT2D eigenvalue weighted by atomic mass is 32.1. The Morgan fingerprint density at radius 1 is 1.29 bits per heavy atom. The summed E-state index contributed by atoms with van der Waals surface area (Å²) < 4.78 is 0. The molecule has 2 N–H and O–H groups in total. The summed E-state index contributed by atoms with van der Waals surface area (Å²) in [6, 6.07) is 10.5. The van der Waals surface area contributed by atoms with Gasteiger partial charge in [0.1, 0.15) is 0 Å². The average Bonchev–Trinajstić information content (AvgIpc) is 2.82. The zero-order chi connectivity index (χ0) is 12.3. The van der Waals surface area contributed by atoms with Crippen LogP contribution in [0.2, 0.25) is 0 Å². The van der Waals surface area contributed by atoms with Crippen molar-refractivity contribution in [2.45, 2.75) is 13.3 Å². The monoisotopic (exact) mass is 246 g/mol. The van der Waals surface area contributed by atoms with Gasteiger partial charge in [0.05, 0.1) is 0 Å². The molecule has 0 radical (unpaired) electrons. The van der Waals surface area contributed by atoms with E-state index >= 15 is 0 Å². The molecule has 2 rings (SSSR count). The third-order valence-corrected chi connectivity index (χ3v) is 3.91. The van der Waals surface area contributed by atoms with Gasteiger partial charge in [-0.15, -0.1) is 11.3 Å². The van der Waals surface area contributed by atoms with Gasteiger partial charge in [0.2, 0.25) is 0 Å². The highest BCUT2D eigenvalue weighted by Gasteiger charge is 2.03. The first-order chi connectivity index (χ1) is 8.16. The molecule has 0 saturated heterocycles. The summed E-state index contributed by atoms with van der Waals surface area (Å²) in [6.07, 6.45) is 1.09. The van der Waals surface area contributed by atoms with Crippen LogP contribution in [0.4, 0.5) is 11.4 Å². The number of benzene rings is 1. The molecule has 0 atom stereocenters. The van der Waals surface area contributed by atoms with Crippen LogP contribution in [0.1, 0.15) is 10.4 Å². The standard InChI is InChI=1S/C14H18N2S/c1-11-5-6-12(10-14(11)15)16(2)8-7-13-4-3-9-17-13/h3-6,9-10H,7-8,15H2,1-2H3. The normalized spacial score (nSPS) is 10.5. The summed E-state index contributed by atoms with van der Waals surface area (Å²) in [5.74, 6) is 0. The molecular formula is C14H18N2S. The number of anilines is 2. The molecule has 3 heteroatoms. The fourth-order valence-corrected chi connectivity index (χ4v) is 2.43. The van der Waals surface area contributed by atoms with Crippen molar-refractivity contribution in [2.24, 2.45) is 0 Å². The SMILES string of the molecule is Cc1ccc(N(C)CCc2cccs2)cc1N. The van der Waals surface area contributed by atoms with Crippen LogP contribution in [0.25, 0.3) is 0 Å². The third-order valence-electron chi connectivity index (χ3n) is 2.98. The van der Waals surface area contributed by atoms with Crippen LogP contribution in [-0.2, 0) is 6.42 Å². The molecule has 0 spiro atoms. The van der Waals surface area contributed by atoms with Gasteiger partial charge in [-0.2, -0.15) is 0 Å². The number of hydrogen-bond donors (Lipinski definition) is 1. The fourth-order valence-electron chi connectivity index (χ4n) is 1.73. The first kappa shape index (κ1) is 12.0. The summed E-state index contributed by atoms with van der Waals surface area (Å²) in [5.41, 5.74) is 9.11. The minimum Gasteiger partial charge on any atom is -0.398 e. The maximum atomic E-state index is 5.92. The highest BCUT2D eigenvalue weighted by molar-refractivity contribution is 7.09. The molecule has 0 aliphatic carbocycles. The molecule has 0 fully saturated rings. The van der Waals surface area contributed by atoms with Crippen molar-refractivity contribution in [3.63, 3.8) is 0 Å². The van der Waals surface area contributed by atoms with Gasteiger partial charge in [-0.05, 0) is 42.5 Å². The molecule has 2 nitrogen and oxygen atoms in total. The van der Waals surface area contributed by atoms with Crippen LogP contribution in [-0.4, -0.2) is 13.6 Å². The van der Waals surface area contributed by atoms with Gasteiger partial charge in [-0.1, -0.05) is 12.1 Å². The second-order valence-corrected chi connectivity index (χ2v) is 5.32. The Balaban J connectivity index is 1.99. The highest BCUT2D eigenvalue weighted by Crippen LogP contribution is 2.20. The Kier molecular flexibility index (Phi) is 3.69. The minimum atomic E-state index is 0.866. The van der Waals surface area contributed by atoms with Gasteiger partial charge in [-0.3, -0.25) is 0 Å². The fraction of sp³-hybridized carbons (Fsp3) is 0.286. The first-order valence-corrected chi connectivity index (χ1v) is 6.64. The summed E-state index contributed by atoms with van der Waals surface area (Å²) in [6.45, 7) is 3.05. The Morgan fingerprint density at radius 2 is 2.12 bits per heavy atom. The largest absolute Gasteiger partial charge is 0.398 e. The summed E-state index contributed by atoms with van der Waals surface area (Å²) in [5, 5.41) is 2.12. The quantitative estimate of drug-likeness (QED) is 0.839. The van der Waals surface area contributed by atoms with Crippen molar-refractivity contribution in [3.8, 4) is 0 Å². The molecule has 1 aromatic carbocycles. The van der Waals surface area contributed by atoms with E-state index in [9.17, 15) is 0 Å². The number of thiophene rings is 1. The number of likely N-dealkylation sites (N-methyl/N-ethyl adjacent to an activating group) is 1. The number of aryl methyl sites for hydroxylation is 1. The van der Waals surface area contributed by atoms with Crippen LogP contribution in [0, 0.1) is 6.92 Å². The number of rotatable bonds is 4. The topological polar surface area (TPSA) is 29.3 Å². The van der Waals surface area contributed by atoms with E-state index in [-0.39, 0.29) is 0 Å². The lowest BCUT2D eigenvalue weighted by Gasteiger charge is -2.19. The van der Waals surface area contributed by atoms with Crippen LogP contribution < -0.4 is 10.6 Å². The zero-order valence-electron chi connectivity index (χ0n) is 10.3. The van der Waals surface area contributed by atoms with Crippen molar-refractivity contribution in [1.82, 2.24) is 0 Å². The lowest BCUT2D eigenvalue weighted by atomic mass is 10.1. The van der Waals surface area contributed by atoms with E-state index in [2.05, 4.69) is 41.6 Å². The Labute approximate surface area is 107 Å². The van der Waals surface area contributed by atoms with Crippen molar-refractivity contribution in [2.75, 3.05) is 24.2 Å². The van der Waals surface area contributed by atoms with Crippen LogP contribution >= 0.6 is 11.3 Å².